The minimum absolute atomic E-state index is 0.0499. The molecule has 0 aliphatic carbocycles. The zero-order chi connectivity index (χ0) is 21.8. The molecule has 31 heavy (non-hydrogen) atoms. The van der Waals surface area contributed by atoms with Crippen LogP contribution in [0.15, 0.2) is 54.7 Å². The fraction of sp³-hybridized carbons (Fsp3) is 0.385. The molecule has 2 aromatic rings. The molecular weight excluding hydrogens is 388 g/mol. The Labute approximate surface area is 184 Å². The van der Waals surface area contributed by atoms with Gasteiger partial charge in [0.25, 0.3) is 0 Å². The number of nitrogens with zero attached hydrogens (tertiary/aromatic N) is 2. The lowest BCUT2D eigenvalue weighted by Crippen LogP contribution is -2.39. The van der Waals surface area contributed by atoms with Crippen LogP contribution in [-0.2, 0) is 9.59 Å². The predicted molar refractivity (Wildman–Crippen MR) is 121 cm³/mol. The van der Waals surface area contributed by atoms with Crippen molar-refractivity contribution < 1.29 is 14.3 Å². The molecule has 2 aromatic carbocycles. The summed E-state index contributed by atoms with van der Waals surface area (Å²) in [5.74, 6) is 0.869. The predicted octanol–water partition coefficient (Wildman–Crippen LogP) is 5.10. The van der Waals surface area contributed by atoms with Crippen LogP contribution in [0.5, 0.6) is 5.75 Å². The summed E-state index contributed by atoms with van der Waals surface area (Å²) in [6.45, 7) is 2.31. The Kier molecular flexibility index (Phi) is 6.40. The van der Waals surface area contributed by atoms with Crippen LogP contribution in [0.25, 0.3) is 6.08 Å². The van der Waals surface area contributed by atoms with Crippen LogP contribution >= 0.6 is 0 Å². The maximum Gasteiger partial charge on any atom is 0.225 e. The SMILES string of the molecule is COc1ccc(C2CCCCCN2C(=O)CC2c3ccccc3C=CN2C(C)=O)cc1. The average molecular weight is 419 g/mol. The van der Waals surface area contributed by atoms with Gasteiger partial charge in [0.15, 0.2) is 0 Å². The molecule has 5 nitrogen and oxygen atoms in total. The Morgan fingerprint density at radius 3 is 2.55 bits per heavy atom. The van der Waals surface area contributed by atoms with Crippen LogP contribution in [0.3, 0.4) is 0 Å². The smallest absolute Gasteiger partial charge is 0.225 e. The molecule has 1 fully saturated rings. The number of likely N-dealkylation sites (tertiary alicyclic amines) is 1. The Morgan fingerprint density at radius 1 is 1.03 bits per heavy atom. The first-order valence-corrected chi connectivity index (χ1v) is 11.1. The van der Waals surface area contributed by atoms with Gasteiger partial charge in [0, 0.05) is 19.7 Å². The largest absolute Gasteiger partial charge is 0.497 e. The molecule has 4 rings (SSSR count). The van der Waals surface area contributed by atoms with Crippen molar-refractivity contribution in [3.05, 3.63) is 71.4 Å². The number of ether oxygens (including phenoxy) is 1. The van der Waals surface area contributed by atoms with Gasteiger partial charge < -0.3 is 14.5 Å². The Morgan fingerprint density at radius 2 is 1.81 bits per heavy atom. The van der Waals surface area contributed by atoms with E-state index in [1.165, 1.54) is 0 Å². The third-order valence-electron chi connectivity index (χ3n) is 6.41. The summed E-state index contributed by atoms with van der Waals surface area (Å²) < 4.78 is 5.30. The number of rotatable bonds is 4. The van der Waals surface area contributed by atoms with E-state index in [9.17, 15) is 9.59 Å². The zero-order valence-corrected chi connectivity index (χ0v) is 18.3. The topological polar surface area (TPSA) is 49.9 Å². The first-order valence-electron chi connectivity index (χ1n) is 11.1. The van der Waals surface area contributed by atoms with Crippen LogP contribution in [-0.4, -0.2) is 35.3 Å². The highest BCUT2D eigenvalue weighted by Crippen LogP contribution is 2.36. The zero-order valence-electron chi connectivity index (χ0n) is 18.3. The van der Waals surface area contributed by atoms with Crippen molar-refractivity contribution in [2.45, 2.75) is 51.1 Å². The van der Waals surface area contributed by atoms with E-state index in [1.54, 1.807) is 18.9 Å². The number of carbonyl (C=O) groups excluding carboxylic acids is 2. The Bertz CT molecular complexity index is 967. The molecule has 0 spiro atoms. The molecular formula is C26H30N2O3. The third kappa shape index (κ3) is 4.50. The van der Waals surface area contributed by atoms with Gasteiger partial charge in [-0.15, -0.1) is 0 Å². The normalized spacial score (nSPS) is 20.7. The van der Waals surface area contributed by atoms with Gasteiger partial charge in [-0.05, 0) is 47.7 Å². The first kappa shape index (κ1) is 21.2. The molecule has 2 heterocycles. The summed E-state index contributed by atoms with van der Waals surface area (Å²) in [5.41, 5.74) is 3.24. The van der Waals surface area contributed by atoms with Crippen LogP contribution in [0.1, 0.15) is 67.8 Å². The second kappa shape index (κ2) is 9.38. The van der Waals surface area contributed by atoms with E-state index in [2.05, 4.69) is 12.1 Å². The molecule has 0 bridgehead atoms. The monoisotopic (exact) mass is 418 g/mol. The molecule has 2 aliphatic rings. The van der Waals surface area contributed by atoms with Crippen molar-refractivity contribution in [2.24, 2.45) is 0 Å². The Balaban J connectivity index is 1.61. The van der Waals surface area contributed by atoms with Gasteiger partial charge in [0.2, 0.25) is 11.8 Å². The lowest BCUT2D eigenvalue weighted by atomic mass is 9.92. The molecule has 162 valence electrons. The van der Waals surface area contributed by atoms with Gasteiger partial charge in [-0.3, -0.25) is 9.59 Å². The molecule has 2 aliphatic heterocycles. The van der Waals surface area contributed by atoms with E-state index >= 15 is 0 Å². The van der Waals surface area contributed by atoms with E-state index in [4.69, 9.17) is 4.74 Å². The van der Waals surface area contributed by atoms with Gasteiger partial charge in [-0.1, -0.05) is 49.2 Å². The molecule has 1 saturated heterocycles. The third-order valence-corrected chi connectivity index (χ3v) is 6.41. The molecule has 2 atom stereocenters. The van der Waals surface area contributed by atoms with E-state index in [-0.39, 0.29) is 30.3 Å². The number of hydrogen-bond donors (Lipinski definition) is 0. The van der Waals surface area contributed by atoms with E-state index in [0.717, 1.165) is 54.7 Å². The molecule has 2 amide bonds. The lowest BCUT2D eigenvalue weighted by molar-refractivity contribution is -0.136. The first-order chi connectivity index (χ1) is 15.1. The molecule has 0 radical (unpaired) electrons. The number of hydrogen-bond acceptors (Lipinski definition) is 3. The quantitative estimate of drug-likeness (QED) is 0.694. The van der Waals surface area contributed by atoms with E-state index in [1.807, 2.05) is 53.6 Å². The molecule has 2 unspecified atom stereocenters. The second-order valence-corrected chi connectivity index (χ2v) is 8.32. The summed E-state index contributed by atoms with van der Waals surface area (Å²) in [5, 5.41) is 0. The second-order valence-electron chi connectivity index (χ2n) is 8.32. The van der Waals surface area contributed by atoms with Gasteiger partial charge >= 0.3 is 0 Å². The number of benzene rings is 2. The highest BCUT2D eigenvalue weighted by atomic mass is 16.5. The maximum absolute atomic E-state index is 13.6. The summed E-state index contributed by atoms with van der Waals surface area (Å²) in [6, 6.07) is 15.9. The highest BCUT2D eigenvalue weighted by molar-refractivity contribution is 5.82. The summed E-state index contributed by atoms with van der Waals surface area (Å²) in [4.78, 5) is 29.7. The van der Waals surface area contributed by atoms with Gasteiger partial charge in [-0.2, -0.15) is 0 Å². The van der Waals surface area contributed by atoms with Crippen LogP contribution in [0.2, 0.25) is 0 Å². The highest BCUT2D eigenvalue weighted by Gasteiger charge is 2.33. The number of amides is 2. The summed E-state index contributed by atoms with van der Waals surface area (Å²) in [7, 11) is 1.66. The minimum Gasteiger partial charge on any atom is -0.497 e. The average Bonchev–Trinajstić information content (AvgIpc) is 3.05. The van der Waals surface area contributed by atoms with Gasteiger partial charge in [-0.25, -0.2) is 0 Å². The van der Waals surface area contributed by atoms with Crippen molar-refractivity contribution in [1.29, 1.82) is 0 Å². The molecule has 0 aromatic heterocycles. The lowest BCUT2D eigenvalue weighted by Gasteiger charge is -2.36. The fourth-order valence-electron chi connectivity index (χ4n) is 4.78. The maximum atomic E-state index is 13.6. The summed E-state index contributed by atoms with van der Waals surface area (Å²) >= 11 is 0. The minimum atomic E-state index is -0.272. The van der Waals surface area contributed by atoms with Crippen molar-refractivity contribution in [3.8, 4) is 5.75 Å². The van der Waals surface area contributed by atoms with Gasteiger partial charge in [0.1, 0.15) is 5.75 Å². The standard InChI is InChI=1S/C26H30N2O3/c1-19(29)27-17-15-20-8-5-6-9-23(20)25(27)18-26(30)28-16-7-3-4-10-24(28)21-11-13-22(31-2)14-12-21/h5-6,8-9,11-15,17,24-25H,3-4,7,10,16,18H2,1-2H3. The van der Waals surface area contributed by atoms with Crippen LogP contribution in [0.4, 0.5) is 0 Å². The van der Waals surface area contributed by atoms with E-state index < -0.39 is 0 Å². The van der Waals surface area contributed by atoms with Crippen molar-refractivity contribution >= 4 is 17.9 Å². The summed E-state index contributed by atoms with van der Waals surface area (Å²) in [6.07, 6.45) is 8.25. The van der Waals surface area contributed by atoms with Crippen molar-refractivity contribution in [3.63, 3.8) is 0 Å². The number of methoxy groups -OCH3 is 1. The number of carbonyl (C=O) groups is 2. The van der Waals surface area contributed by atoms with Gasteiger partial charge in [0.05, 0.1) is 25.6 Å². The Hall–Kier alpha value is -3.08. The molecule has 5 heteroatoms. The van der Waals surface area contributed by atoms with Crippen LogP contribution < -0.4 is 4.74 Å². The fourth-order valence-corrected chi connectivity index (χ4v) is 4.78. The number of fused-ring (bicyclic) bond motifs is 1. The van der Waals surface area contributed by atoms with Crippen LogP contribution in [0, 0.1) is 0 Å². The van der Waals surface area contributed by atoms with Crippen molar-refractivity contribution in [1.82, 2.24) is 9.80 Å². The van der Waals surface area contributed by atoms with Crippen molar-refractivity contribution in [2.75, 3.05) is 13.7 Å². The van der Waals surface area contributed by atoms with E-state index in [0.29, 0.717) is 0 Å². The molecule has 0 N–H and O–H groups in total. The molecule has 0 saturated carbocycles.